The highest BCUT2D eigenvalue weighted by molar-refractivity contribution is 7.80. The zero-order chi connectivity index (χ0) is 16.9. The SMILES string of the molecule is O=C(CC(=O)C(F)(F)F)c1ccc(C(O)C(O)CCS)cc1. The summed E-state index contributed by atoms with van der Waals surface area (Å²) in [5, 5.41) is 19.5. The molecule has 0 aliphatic heterocycles. The van der Waals surface area contributed by atoms with Crippen molar-refractivity contribution in [1.82, 2.24) is 0 Å². The first-order valence-electron chi connectivity index (χ1n) is 6.37. The fraction of sp³-hybridized carbons (Fsp3) is 0.429. The number of thiol groups is 1. The molecule has 0 fully saturated rings. The Bertz CT molecular complexity index is 528. The van der Waals surface area contributed by atoms with E-state index in [1.165, 1.54) is 24.3 Å². The molecule has 0 saturated carbocycles. The summed E-state index contributed by atoms with van der Waals surface area (Å²) < 4.78 is 36.3. The van der Waals surface area contributed by atoms with Gasteiger partial charge in [-0.25, -0.2) is 0 Å². The molecule has 0 heterocycles. The van der Waals surface area contributed by atoms with Crippen molar-refractivity contribution in [2.24, 2.45) is 0 Å². The molecular weight excluding hydrogens is 321 g/mol. The van der Waals surface area contributed by atoms with E-state index >= 15 is 0 Å². The molecule has 4 nitrogen and oxygen atoms in total. The van der Waals surface area contributed by atoms with E-state index in [4.69, 9.17) is 0 Å². The number of carbonyl (C=O) groups excluding carboxylic acids is 2. The molecule has 1 aromatic carbocycles. The summed E-state index contributed by atoms with van der Waals surface area (Å²) in [5.74, 6) is -2.70. The molecule has 2 N–H and O–H groups in total. The second-order valence-electron chi connectivity index (χ2n) is 4.67. The molecule has 22 heavy (non-hydrogen) atoms. The third-order valence-corrected chi connectivity index (χ3v) is 3.26. The monoisotopic (exact) mass is 336 g/mol. The lowest BCUT2D eigenvalue weighted by atomic mass is 9.99. The zero-order valence-electron chi connectivity index (χ0n) is 11.4. The van der Waals surface area contributed by atoms with Crippen LogP contribution in [0.4, 0.5) is 13.2 Å². The van der Waals surface area contributed by atoms with Crippen LogP contribution < -0.4 is 0 Å². The molecule has 122 valence electrons. The second kappa shape index (κ2) is 7.75. The van der Waals surface area contributed by atoms with Crippen molar-refractivity contribution in [3.05, 3.63) is 35.4 Å². The van der Waals surface area contributed by atoms with Crippen LogP contribution >= 0.6 is 12.6 Å². The first kappa shape index (κ1) is 18.7. The van der Waals surface area contributed by atoms with Crippen molar-refractivity contribution < 1.29 is 33.0 Å². The predicted octanol–water partition coefficient (Wildman–Crippen LogP) is 2.10. The summed E-state index contributed by atoms with van der Waals surface area (Å²) >= 11 is 3.93. The van der Waals surface area contributed by atoms with Gasteiger partial charge in [-0.1, -0.05) is 24.3 Å². The summed E-state index contributed by atoms with van der Waals surface area (Å²) in [4.78, 5) is 22.3. The second-order valence-corrected chi connectivity index (χ2v) is 5.11. The molecule has 2 atom stereocenters. The molecular formula is C14H15F3O4S. The van der Waals surface area contributed by atoms with E-state index in [0.29, 0.717) is 11.3 Å². The number of hydrogen-bond acceptors (Lipinski definition) is 5. The van der Waals surface area contributed by atoms with Crippen LogP contribution in [-0.4, -0.2) is 39.8 Å². The van der Waals surface area contributed by atoms with E-state index < -0.39 is 36.4 Å². The number of Topliss-reactive ketones (excluding diaryl/α,β-unsaturated/α-hetero) is 2. The number of benzene rings is 1. The smallest absolute Gasteiger partial charge is 0.390 e. The van der Waals surface area contributed by atoms with Gasteiger partial charge < -0.3 is 10.2 Å². The minimum Gasteiger partial charge on any atom is -0.390 e. The summed E-state index contributed by atoms with van der Waals surface area (Å²) in [6, 6.07) is 5.05. The van der Waals surface area contributed by atoms with Crippen molar-refractivity contribution in [3.8, 4) is 0 Å². The van der Waals surface area contributed by atoms with E-state index in [9.17, 15) is 33.0 Å². The first-order valence-corrected chi connectivity index (χ1v) is 7.00. The molecule has 0 aliphatic carbocycles. The molecule has 0 radical (unpaired) electrons. The van der Waals surface area contributed by atoms with E-state index in [-0.39, 0.29) is 12.0 Å². The van der Waals surface area contributed by atoms with Crippen molar-refractivity contribution in [1.29, 1.82) is 0 Å². The van der Waals surface area contributed by atoms with Crippen molar-refractivity contribution in [3.63, 3.8) is 0 Å². The first-order chi connectivity index (χ1) is 10.2. The van der Waals surface area contributed by atoms with E-state index in [2.05, 4.69) is 12.6 Å². The minimum absolute atomic E-state index is 0.0720. The molecule has 2 unspecified atom stereocenters. The van der Waals surface area contributed by atoms with E-state index in [1.54, 1.807) is 0 Å². The van der Waals surface area contributed by atoms with Crippen LogP contribution in [0.1, 0.15) is 34.9 Å². The lowest BCUT2D eigenvalue weighted by Gasteiger charge is -2.17. The number of alkyl halides is 3. The molecule has 0 bridgehead atoms. The maximum absolute atomic E-state index is 12.1. The Morgan fingerprint density at radius 1 is 1.14 bits per heavy atom. The summed E-state index contributed by atoms with van der Waals surface area (Å²) in [5.41, 5.74) is 0.241. The van der Waals surface area contributed by atoms with E-state index in [1.807, 2.05) is 0 Å². The largest absolute Gasteiger partial charge is 0.450 e. The Kier molecular flexibility index (Phi) is 6.58. The normalized spacial score (nSPS) is 14.5. The molecule has 8 heteroatoms. The highest BCUT2D eigenvalue weighted by atomic mass is 32.1. The number of aliphatic hydroxyl groups is 2. The van der Waals surface area contributed by atoms with Gasteiger partial charge in [0.1, 0.15) is 6.10 Å². The Balaban J connectivity index is 2.76. The predicted molar refractivity (Wildman–Crippen MR) is 75.9 cm³/mol. The van der Waals surface area contributed by atoms with Crippen molar-refractivity contribution >= 4 is 24.2 Å². The summed E-state index contributed by atoms with van der Waals surface area (Å²) in [6.07, 6.45) is -8.26. The van der Waals surface area contributed by atoms with Gasteiger partial charge in [-0.3, -0.25) is 9.59 Å². The highest BCUT2D eigenvalue weighted by Crippen LogP contribution is 2.22. The molecule has 0 aliphatic rings. The maximum Gasteiger partial charge on any atom is 0.450 e. The molecule has 0 amide bonds. The summed E-state index contributed by atoms with van der Waals surface area (Å²) in [7, 11) is 0. The Morgan fingerprint density at radius 3 is 2.14 bits per heavy atom. The molecule has 0 spiro atoms. The number of aliphatic hydroxyl groups excluding tert-OH is 2. The third kappa shape index (κ3) is 5.11. The Morgan fingerprint density at radius 2 is 1.68 bits per heavy atom. The average Bonchev–Trinajstić information content (AvgIpc) is 2.45. The lowest BCUT2D eigenvalue weighted by molar-refractivity contribution is -0.170. The lowest BCUT2D eigenvalue weighted by Crippen LogP contribution is -2.25. The highest BCUT2D eigenvalue weighted by Gasteiger charge is 2.39. The van der Waals surface area contributed by atoms with Crippen LogP contribution in [0.2, 0.25) is 0 Å². The van der Waals surface area contributed by atoms with Gasteiger partial charge in [0.15, 0.2) is 5.78 Å². The number of carbonyl (C=O) groups is 2. The molecule has 0 aromatic heterocycles. The van der Waals surface area contributed by atoms with Gasteiger partial charge in [0, 0.05) is 5.56 Å². The topological polar surface area (TPSA) is 74.6 Å². The fourth-order valence-electron chi connectivity index (χ4n) is 1.73. The zero-order valence-corrected chi connectivity index (χ0v) is 12.3. The number of hydrogen-bond donors (Lipinski definition) is 3. The minimum atomic E-state index is -5.04. The maximum atomic E-state index is 12.1. The van der Waals surface area contributed by atoms with Gasteiger partial charge in [-0.2, -0.15) is 25.8 Å². The summed E-state index contributed by atoms with van der Waals surface area (Å²) in [6.45, 7) is 0. The van der Waals surface area contributed by atoms with Crippen LogP contribution in [0.5, 0.6) is 0 Å². The standard InChI is InChI=1S/C14H15F3O4S/c15-14(16,17)12(20)7-11(19)8-1-3-9(4-2-8)13(21)10(18)5-6-22/h1-4,10,13,18,21-22H,5-7H2. The van der Waals surface area contributed by atoms with Gasteiger partial charge in [0.2, 0.25) is 5.78 Å². The number of halogens is 3. The van der Waals surface area contributed by atoms with Crippen LogP contribution in [0.15, 0.2) is 24.3 Å². The van der Waals surface area contributed by atoms with Crippen LogP contribution in [0, 0.1) is 0 Å². The fourth-order valence-corrected chi connectivity index (χ4v) is 1.99. The molecule has 1 rings (SSSR count). The van der Waals surface area contributed by atoms with Gasteiger partial charge in [-0.15, -0.1) is 0 Å². The Hall–Kier alpha value is -1.38. The third-order valence-electron chi connectivity index (χ3n) is 3.00. The van der Waals surface area contributed by atoms with Crippen molar-refractivity contribution in [2.75, 3.05) is 5.75 Å². The van der Waals surface area contributed by atoms with E-state index in [0.717, 1.165) is 0 Å². The molecule has 0 saturated heterocycles. The number of ketones is 2. The quantitative estimate of drug-likeness (QED) is 0.405. The van der Waals surface area contributed by atoms with Crippen molar-refractivity contribution in [2.45, 2.75) is 31.2 Å². The van der Waals surface area contributed by atoms with Crippen LogP contribution in [0.25, 0.3) is 0 Å². The number of rotatable bonds is 7. The van der Waals surface area contributed by atoms with Gasteiger partial charge >= 0.3 is 6.18 Å². The van der Waals surface area contributed by atoms with Gasteiger partial charge in [0.05, 0.1) is 12.5 Å². The average molecular weight is 336 g/mol. The van der Waals surface area contributed by atoms with Crippen LogP contribution in [0.3, 0.4) is 0 Å². The van der Waals surface area contributed by atoms with Gasteiger partial charge in [0.25, 0.3) is 0 Å². The van der Waals surface area contributed by atoms with Crippen LogP contribution in [-0.2, 0) is 4.79 Å². The molecule has 1 aromatic rings. The van der Waals surface area contributed by atoms with Gasteiger partial charge in [-0.05, 0) is 17.7 Å². The Labute approximate surface area is 130 Å².